The van der Waals surface area contributed by atoms with Crippen molar-refractivity contribution in [2.75, 3.05) is 13.1 Å². The average molecular weight is 403 g/mol. The number of carbonyl (C=O) groups is 2. The smallest absolute Gasteiger partial charge is 0.264 e. The van der Waals surface area contributed by atoms with E-state index in [4.69, 9.17) is 11.6 Å². The first-order chi connectivity index (χ1) is 13.0. The first-order valence-corrected chi connectivity index (χ1v) is 10.0. The fourth-order valence-corrected chi connectivity index (χ4v) is 4.79. The minimum atomic E-state index is -0.419. The number of halogens is 1. The number of thiophene rings is 1. The summed E-state index contributed by atoms with van der Waals surface area (Å²) in [4.78, 5) is 28.4. The number of aryl methyl sites for hydroxylation is 1. The molecule has 4 rings (SSSR count). The predicted octanol–water partition coefficient (Wildman–Crippen LogP) is 3.40. The van der Waals surface area contributed by atoms with Crippen molar-refractivity contribution in [3.05, 3.63) is 45.9 Å². The molecule has 0 bridgehead atoms. The maximum absolute atomic E-state index is 13.1. The van der Waals surface area contributed by atoms with Gasteiger partial charge in [-0.15, -0.1) is 11.3 Å². The van der Waals surface area contributed by atoms with Crippen LogP contribution in [0.15, 0.2) is 30.3 Å². The summed E-state index contributed by atoms with van der Waals surface area (Å²) in [5.74, 6) is -0.195. The molecule has 0 spiro atoms. The molecule has 2 amide bonds. The highest BCUT2D eigenvalue weighted by Gasteiger charge is 2.33. The highest BCUT2D eigenvalue weighted by molar-refractivity contribution is 7.20. The van der Waals surface area contributed by atoms with Gasteiger partial charge in [-0.2, -0.15) is 5.10 Å². The Morgan fingerprint density at radius 2 is 2.19 bits per heavy atom. The Kier molecular flexibility index (Phi) is 4.65. The van der Waals surface area contributed by atoms with Gasteiger partial charge >= 0.3 is 0 Å². The van der Waals surface area contributed by atoms with Gasteiger partial charge in [-0.25, -0.2) is 4.68 Å². The van der Waals surface area contributed by atoms with Gasteiger partial charge in [0.05, 0.1) is 21.3 Å². The molecule has 1 aliphatic heterocycles. The maximum Gasteiger partial charge on any atom is 0.264 e. The monoisotopic (exact) mass is 402 g/mol. The van der Waals surface area contributed by atoms with Crippen molar-refractivity contribution < 1.29 is 9.59 Å². The van der Waals surface area contributed by atoms with Crippen molar-refractivity contribution in [1.82, 2.24) is 20.0 Å². The molecule has 6 nitrogen and oxygen atoms in total. The largest absolute Gasteiger partial charge is 0.353 e. The van der Waals surface area contributed by atoms with E-state index in [-0.39, 0.29) is 11.8 Å². The van der Waals surface area contributed by atoms with Crippen LogP contribution in [0, 0.1) is 6.92 Å². The number of hydrogen-bond acceptors (Lipinski definition) is 4. The van der Waals surface area contributed by atoms with Gasteiger partial charge in [-0.1, -0.05) is 30.7 Å². The zero-order chi connectivity index (χ0) is 19.1. The van der Waals surface area contributed by atoms with Crippen LogP contribution in [-0.2, 0) is 4.79 Å². The molecule has 2 aromatic heterocycles. The van der Waals surface area contributed by atoms with E-state index in [1.807, 2.05) is 44.2 Å². The fraction of sp³-hybridized carbons (Fsp3) is 0.316. The molecule has 27 heavy (non-hydrogen) atoms. The van der Waals surface area contributed by atoms with Crippen LogP contribution in [0.4, 0.5) is 0 Å². The minimum Gasteiger partial charge on any atom is -0.353 e. The van der Waals surface area contributed by atoms with Gasteiger partial charge < -0.3 is 10.2 Å². The molecule has 0 saturated carbocycles. The highest BCUT2D eigenvalue weighted by Crippen LogP contribution is 2.33. The standard InChI is InChI=1S/C19H19ClN4O2S/c1-3-14-17(25)21-8-9-23(14)18(26)16-10-12-11(2)22-24(19(12)27-16)15-7-5-4-6-13(15)20/h4-7,10,14H,3,8-9H2,1-2H3,(H,21,25). The number of rotatable bonds is 3. The lowest BCUT2D eigenvalue weighted by molar-refractivity contribution is -0.127. The van der Waals surface area contributed by atoms with E-state index in [1.165, 1.54) is 11.3 Å². The second-order valence-corrected chi connectivity index (χ2v) is 7.93. The lowest BCUT2D eigenvalue weighted by atomic mass is 10.1. The van der Waals surface area contributed by atoms with Gasteiger partial charge in [-0.3, -0.25) is 9.59 Å². The number of piperazine rings is 1. The van der Waals surface area contributed by atoms with Gasteiger partial charge in [0, 0.05) is 18.5 Å². The molecular formula is C19H19ClN4O2S. The Bertz CT molecular complexity index is 1040. The Morgan fingerprint density at radius 1 is 1.41 bits per heavy atom. The lowest BCUT2D eigenvalue weighted by Gasteiger charge is -2.34. The number of nitrogens with zero attached hydrogens (tertiary/aromatic N) is 3. The molecule has 1 aromatic carbocycles. The van der Waals surface area contributed by atoms with E-state index in [2.05, 4.69) is 10.4 Å². The third-order valence-electron chi connectivity index (χ3n) is 4.81. The molecule has 1 aliphatic rings. The normalized spacial score (nSPS) is 17.4. The molecule has 3 aromatic rings. The van der Waals surface area contributed by atoms with Crippen LogP contribution in [0.25, 0.3) is 15.9 Å². The van der Waals surface area contributed by atoms with Crippen LogP contribution >= 0.6 is 22.9 Å². The first-order valence-electron chi connectivity index (χ1n) is 8.84. The fourth-order valence-electron chi connectivity index (χ4n) is 3.44. The number of para-hydroxylation sites is 1. The number of nitrogens with one attached hydrogen (secondary N) is 1. The van der Waals surface area contributed by atoms with E-state index in [9.17, 15) is 9.59 Å². The lowest BCUT2D eigenvalue weighted by Crippen LogP contribution is -2.56. The van der Waals surface area contributed by atoms with Crippen molar-refractivity contribution >= 4 is 45.0 Å². The van der Waals surface area contributed by atoms with Crippen molar-refractivity contribution in [1.29, 1.82) is 0 Å². The minimum absolute atomic E-state index is 0.0864. The first kappa shape index (κ1) is 18.0. The molecule has 0 radical (unpaired) electrons. The summed E-state index contributed by atoms with van der Waals surface area (Å²) in [6, 6.07) is 8.95. The van der Waals surface area contributed by atoms with Gasteiger partial charge in [0.1, 0.15) is 10.9 Å². The van der Waals surface area contributed by atoms with Crippen LogP contribution < -0.4 is 5.32 Å². The summed E-state index contributed by atoms with van der Waals surface area (Å²) >= 11 is 7.72. The molecule has 1 atom stereocenters. The van der Waals surface area contributed by atoms with Crippen molar-refractivity contribution in [3.8, 4) is 5.69 Å². The summed E-state index contributed by atoms with van der Waals surface area (Å²) in [5, 5.41) is 8.95. The second kappa shape index (κ2) is 6.98. The summed E-state index contributed by atoms with van der Waals surface area (Å²) in [5.41, 5.74) is 1.62. The topological polar surface area (TPSA) is 67.2 Å². The van der Waals surface area contributed by atoms with Crippen LogP contribution in [0.1, 0.15) is 28.7 Å². The Hall–Kier alpha value is -2.38. The van der Waals surface area contributed by atoms with E-state index >= 15 is 0 Å². The highest BCUT2D eigenvalue weighted by atomic mass is 35.5. The van der Waals surface area contributed by atoms with Crippen LogP contribution in [0.3, 0.4) is 0 Å². The summed E-state index contributed by atoms with van der Waals surface area (Å²) in [6.07, 6.45) is 0.592. The van der Waals surface area contributed by atoms with Crippen LogP contribution in [-0.4, -0.2) is 45.6 Å². The second-order valence-electron chi connectivity index (χ2n) is 6.49. The zero-order valence-corrected chi connectivity index (χ0v) is 16.6. The van der Waals surface area contributed by atoms with Gasteiger partial charge in [0.15, 0.2) is 0 Å². The summed E-state index contributed by atoms with van der Waals surface area (Å²) in [6.45, 7) is 4.84. The molecule has 0 aliphatic carbocycles. The Balaban J connectivity index is 1.76. The van der Waals surface area contributed by atoms with Gasteiger partial charge in [-0.05, 0) is 31.5 Å². The molecule has 140 valence electrons. The molecule has 3 heterocycles. The summed E-state index contributed by atoms with van der Waals surface area (Å²) < 4.78 is 1.79. The molecular weight excluding hydrogens is 384 g/mol. The van der Waals surface area contributed by atoms with E-state index in [1.54, 1.807) is 9.58 Å². The Morgan fingerprint density at radius 3 is 2.93 bits per heavy atom. The van der Waals surface area contributed by atoms with E-state index in [0.29, 0.717) is 29.4 Å². The zero-order valence-electron chi connectivity index (χ0n) is 15.0. The molecule has 1 fully saturated rings. The van der Waals surface area contributed by atoms with Gasteiger partial charge in [0.25, 0.3) is 5.91 Å². The van der Waals surface area contributed by atoms with Crippen molar-refractivity contribution in [3.63, 3.8) is 0 Å². The third kappa shape index (κ3) is 3.00. The molecule has 8 heteroatoms. The average Bonchev–Trinajstić information content (AvgIpc) is 3.22. The SMILES string of the molecule is CCC1C(=O)NCCN1C(=O)c1cc2c(C)nn(-c3ccccc3Cl)c2s1. The number of benzene rings is 1. The maximum atomic E-state index is 13.1. The van der Waals surface area contributed by atoms with Crippen LogP contribution in [0.2, 0.25) is 5.02 Å². The third-order valence-corrected chi connectivity index (χ3v) is 6.23. The predicted molar refractivity (Wildman–Crippen MR) is 107 cm³/mol. The number of hydrogen-bond donors (Lipinski definition) is 1. The Labute approximate surface area is 165 Å². The summed E-state index contributed by atoms with van der Waals surface area (Å²) in [7, 11) is 0. The number of carbonyl (C=O) groups excluding carboxylic acids is 2. The van der Waals surface area contributed by atoms with Crippen molar-refractivity contribution in [2.24, 2.45) is 0 Å². The number of fused-ring (bicyclic) bond motifs is 1. The molecule has 1 N–H and O–H groups in total. The van der Waals surface area contributed by atoms with E-state index in [0.717, 1.165) is 21.6 Å². The molecule has 1 unspecified atom stereocenters. The number of aromatic nitrogens is 2. The quantitative estimate of drug-likeness (QED) is 0.730. The van der Waals surface area contributed by atoms with Crippen molar-refractivity contribution in [2.45, 2.75) is 26.3 Å². The van der Waals surface area contributed by atoms with Gasteiger partial charge in [0.2, 0.25) is 5.91 Å². The number of amides is 2. The van der Waals surface area contributed by atoms with Crippen LogP contribution in [0.5, 0.6) is 0 Å². The van der Waals surface area contributed by atoms with E-state index < -0.39 is 6.04 Å². The molecule has 1 saturated heterocycles.